The van der Waals surface area contributed by atoms with Crippen LogP contribution in [0.25, 0.3) is 0 Å². The molecule has 5 nitrogen and oxygen atoms in total. The third-order valence-corrected chi connectivity index (χ3v) is 6.03. The Balaban J connectivity index is 1.35. The highest BCUT2D eigenvalue weighted by Crippen LogP contribution is 2.21. The molecule has 0 saturated carbocycles. The number of rotatable bonds is 6. The zero-order valence-corrected chi connectivity index (χ0v) is 16.5. The smallest absolute Gasteiger partial charge is 0.223 e. The number of likely N-dealkylation sites (tertiary alicyclic amines) is 1. The fourth-order valence-corrected chi connectivity index (χ4v) is 4.09. The second kappa shape index (κ2) is 9.88. The van der Waals surface area contributed by atoms with Crippen LogP contribution in [0.5, 0.6) is 0 Å². The fraction of sp³-hybridized carbons (Fsp3) is 0.636. The highest BCUT2D eigenvalue weighted by molar-refractivity contribution is 5.80. The quantitative estimate of drug-likeness (QED) is 0.808. The van der Waals surface area contributed by atoms with Crippen LogP contribution in [-0.2, 0) is 16.1 Å². The standard InChI is InChI=1S/C22H33N3O2/c1-17-2-4-19(5-3-17)16-24-22(27)20-10-14-25(15-11-20)21(26)7-6-18-8-12-23-13-9-18/h2-5,18,20,23H,6-16H2,1H3,(H,24,27). The van der Waals surface area contributed by atoms with Crippen LogP contribution in [0.1, 0.15) is 49.7 Å². The lowest BCUT2D eigenvalue weighted by molar-refractivity contribution is -0.136. The van der Waals surface area contributed by atoms with Crippen molar-refractivity contribution < 1.29 is 9.59 Å². The van der Waals surface area contributed by atoms with Crippen LogP contribution in [0.15, 0.2) is 24.3 Å². The summed E-state index contributed by atoms with van der Waals surface area (Å²) in [7, 11) is 0. The van der Waals surface area contributed by atoms with Crippen molar-refractivity contribution in [2.24, 2.45) is 11.8 Å². The van der Waals surface area contributed by atoms with Gasteiger partial charge < -0.3 is 15.5 Å². The number of benzene rings is 1. The molecule has 0 aliphatic carbocycles. The van der Waals surface area contributed by atoms with Gasteiger partial charge in [-0.3, -0.25) is 9.59 Å². The van der Waals surface area contributed by atoms with E-state index in [1.165, 1.54) is 18.4 Å². The highest BCUT2D eigenvalue weighted by Gasteiger charge is 2.27. The first-order valence-electron chi connectivity index (χ1n) is 10.4. The Morgan fingerprint density at radius 2 is 1.74 bits per heavy atom. The molecule has 5 heteroatoms. The fourth-order valence-electron chi connectivity index (χ4n) is 4.09. The molecular formula is C22H33N3O2. The molecule has 0 radical (unpaired) electrons. The average Bonchev–Trinajstić information content (AvgIpc) is 2.72. The van der Waals surface area contributed by atoms with Gasteiger partial charge in [-0.05, 0) is 63.6 Å². The summed E-state index contributed by atoms with van der Waals surface area (Å²) in [5.74, 6) is 1.12. The summed E-state index contributed by atoms with van der Waals surface area (Å²) in [6.45, 7) is 6.24. The van der Waals surface area contributed by atoms with E-state index >= 15 is 0 Å². The number of hydrogen-bond donors (Lipinski definition) is 2. The van der Waals surface area contributed by atoms with Gasteiger partial charge in [-0.25, -0.2) is 0 Å². The molecule has 148 valence electrons. The minimum Gasteiger partial charge on any atom is -0.352 e. The maximum Gasteiger partial charge on any atom is 0.223 e. The van der Waals surface area contributed by atoms with Crippen molar-refractivity contribution in [2.45, 2.75) is 52.0 Å². The Kier molecular flexibility index (Phi) is 7.27. The Labute approximate surface area is 162 Å². The number of amides is 2. The van der Waals surface area contributed by atoms with Gasteiger partial charge in [-0.15, -0.1) is 0 Å². The van der Waals surface area contributed by atoms with Crippen LogP contribution in [0.3, 0.4) is 0 Å². The highest BCUT2D eigenvalue weighted by atomic mass is 16.2. The van der Waals surface area contributed by atoms with Crippen LogP contribution in [-0.4, -0.2) is 42.9 Å². The van der Waals surface area contributed by atoms with Crippen molar-refractivity contribution in [1.82, 2.24) is 15.5 Å². The van der Waals surface area contributed by atoms with Gasteiger partial charge in [0.05, 0.1) is 0 Å². The van der Waals surface area contributed by atoms with E-state index in [4.69, 9.17) is 0 Å². The molecule has 2 aliphatic heterocycles. The number of nitrogens with zero attached hydrogens (tertiary/aromatic N) is 1. The first-order valence-corrected chi connectivity index (χ1v) is 10.4. The summed E-state index contributed by atoms with van der Waals surface area (Å²) in [4.78, 5) is 26.9. The van der Waals surface area contributed by atoms with E-state index in [1.807, 2.05) is 4.90 Å². The lowest BCUT2D eigenvalue weighted by Gasteiger charge is -2.32. The van der Waals surface area contributed by atoms with Gasteiger partial charge in [0.2, 0.25) is 11.8 Å². The van der Waals surface area contributed by atoms with E-state index in [1.54, 1.807) is 0 Å². The van der Waals surface area contributed by atoms with Crippen molar-refractivity contribution in [3.05, 3.63) is 35.4 Å². The molecule has 2 fully saturated rings. The van der Waals surface area contributed by atoms with E-state index in [2.05, 4.69) is 41.8 Å². The third-order valence-electron chi connectivity index (χ3n) is 6.03. The third kappa shape index (κ3) is 6.06. The van der Waals surface area contributed by atoms with E-state index in [9.17, 15) is 9.59 Å². The molecule has 3 rings (SSSR count). The van der Waals surface area contributed by atoms with Gasteiger partial charge in [0.25, 0.3) is 0 Å². The lowest BCUT2D eigenvalue weighted by Crippen LogP contribution is -2.43. The van der Waals surface area contributed by atoms with Crippen LogP contribution in [0, 0.1) is 18.8 Å². The number of piperidine rings is 2. The summed E-state index contributed by atoms with van der Waals surface area (Å²) in [6, 6.07) is 8.24. The first kappa shape index (κ1) is 19.9. The summed E-state index contributed by atoms with van der Waals surface area (Å²) in [5.41, 5.74) is 2.35. The van der Waals surface area contributed by atoms with Crippen molar-refractivity contribution in [3.8, 4) is 0 Å². The van der Waals surface area contributed by atoms with E-state index < -0.39 is 0 Å². The van der Waals surface area contributed by atoms with Gasteiger partial charge in [0.15, 0.2) is 0 Å². The molecule has 2 saturated heterocycles. The molecule has 0 unspecified atom stereocenters. The molecule has 0 atom stereocenters. The zero-order valence-electron chi connectivity index (χ0n) is 16.5. The largest absolute Gasteiger partial charge is 0.352 e. The molecule has 2 N–H and O–H groups in total. The zero-order chi connectivity index (χ0) is 19.1. The van der Waals surface area contributed by atoms with Crippen LogP contribution >= 0.6 is 0 Å². The molecule has 1 aromatic carbocycles. The predicted octanol–water partition coefficient (Wildman–Crippen LogP) is 2.63. The molecule has 2 amide bonds. The number of aryl methyl sites for hydroxylation is 1. The average molecular weight is 372 g/mol. The Bertz CT molecular complexity index is 615. The second-order valence-corrected chi connectivity index (χ2v) is 8.09. The van der Waals surface area contributed by atoms with Crippen molar-refractivity contribution in [2.75, 3.05) is 26.2 Å². The Hall–Kier alpha value is -1.88. The van der Waals surface area contributed by atoms with Gasteiger partial charge in [0, 0.05) is 32.0 Å². The van der Waals surface area contributed by atoms with Crippen LogP contribution < -0.4 is 10.6 Å². The summed E-state index contributed by atoms with van der Waals surface area (Å²) >= 11 is 0. The minimum absolute atomic E-state index is 0.0314. The molecule has 0 bridgehead atoms. The van der Waals surface area contributed by atoms with Gasteiger partial charge in [-0.1, -0.05) is 29.8 Å². The lowest BCUT2D eigenvalue weighted by atomic mass is 9.92. The van der Waals surface area contributed by atoms with E-state index in [-0.39, 0.29) is 17.7 Å². The maximum absolute atomic E-state index is 12.5. The van der Waals surface area contributed by atoms with Crippen molar-refractivity contribution >= 4 is 11.8 Å². The maximum atomic E-state index is 12.5. The van der Waals surface area contributed by atoms with E-state index in [0.717, 1.165) is 37.9 Å². The topological polar surface area (TPSA) is 61.4 Å². The SMILES string of the molecule is Cc1ccc(CNC(=O)C2CCN(C(=O)CCC3CCNCC3)CC2)cc1. The van der Waals surface area contributed by atoms with Crippen molar-refractivity contribution in [1.29, 1.82) is 0 Å². The summed E-state index contributed by atoms with van der Waals surface area (Å²) in [5, 5.41) is 6.42. The number of nitrogens with one attached hydrogen (secondary N) is 2. The second-order valence-electron chi connectivity index (χ2n) is 8.09. The Morgan fingerprint density at radius 1 is 1.07 bits per heavy atom. The molecule has 0 spiro atoms. The molecule has 0 aromatic heterocycles. The van der Waals surface area contributed by atoms with Crippen LogP contribution in [0.2, 0.25) is 0 Å². The summed E-state index contributed by atoms with van der Waals surface area (Å²) < 4.78 is 0. The minimum atomic E-state index is 0.0314. The van der Waals surface area contributed by atoms with Crippen molar-refractivity contribution in [3.63, 3.8) is 0 Å². The molecule has 27 heavy (non-hydrogen) atoms. The first-order chi connectivity index (χ1) is 13.1. The number of hydrogen-bond acceptors (Lipinski definition) is 3. The number of carbonyl (C=O) groups excluding carboxylic acids is 2. The summed E-state index contributed by atoms with van der Waals surface area (Å²) in [6.07, 6.45) is 5.61. The van der Waals surface area contributed by atoms with Gasteiger partial charge >= 0.3 is 0 Å². The van der Waals surface area contributed by atoms with E-state index in [0.29, 0.717) is 32.0 Å². The predicted molar refractivity (Wildman–Crippen MR) is 107 cm³/mol. The molecule has 2 aliphatic rings. The normalized spacial score (nSPS) is 19.1. The number of carbonyl (C=O) groups is 2. The van der Waals surface area contributed by atoms with Gasteiger partial charge in [0.1, 0.15) is 0 Å². The van der Waals surface area contributed by atoms with Gasteiger partial charge in [-0.2, -0.15) is 0 Å². The molecule has 1 aromatic rings. The molecular weight excluding hydrogens is 338 g/mol. The monoisotopic (exact) mass is 371 g/mol. The van der Waals surface area contributed by atoms with Crippen LogP contribution in [0.4, 0.5) is 0 Å². The molecule has 2 heterocycles. The Morgan fingerprint density at radius 3 is 2.41 bits per heavy atom.